The van der Waals surface area contributed by atoms with Gasteiger partial charge in [-0.25, -0.2) is 9.59 Å². The zero-order valence-corrected chi connectivity index (χ0v) is 27.7. The third-order valence-corrected chi connectivity index (χ3v) is 9.25. The smallest absolute Gasteiger partial charge is 0.340 e. The number of phenolic OH excluding ortho intramolecular Hbond substituents is 4. The van der Waals surface area contributed by atoms with Crippen molar-refractivity contribution >= 4 is 23.3 Å². The Morgan fingerprint density at radius 3 is 1.17 bits per heavy atom. The van der Waals surface area contributed by atoms with E-state index in [0.29, 0.717) is 11.1 Å². The van der Waals surface area contributed by atoms with Gasteiger partial charge in [-0.3, -0.25) is 20.2 Å². The second-order valence-corrected chi connectivity index (χ2v) is 12.2. The molecule has 0 unspecified atom stereocenters. The van der Waals surface area contributed by atoms with Crippen molar-refractivity contribution in [3.63, 3.8) is 0 Å². The Morgan fingerprint density at radius 2 is 0.796 bits per heavy atom. The molecule has 0 bridgehead atoms. The molecule has 0 aromatic heterocycles. The molecule has 4 N–H and O–H groups in total. The van der Waals surface area contributed by atoms with Gasteiger partial charge in [0.2, 0.25) is 0 Å². The number of carbonyl (C=O) groups excluding carboxylic acids is 2. The van der Waals surface area contributed by atoms with E-state index in [1.54, 1.807) is 78.9 Å². The van der Waals surface area contributed by atoms with E-state index in [1.165, 1.54) is 18.2 Å². The van der Waals surface area contributed by atoms with Gasteiger partial charge in [0.15, 0.2) is 22.7 Å². The van der Waals surface area contributed by atoms with Gasteiger partial charge < -0.3 is 29.9 Å². The minimum atomic E-state index is -1.76. The van der Waals surface area contributed by atoms with Crippen molar-refractivity contribution in [2.75, 3.05) is 0 Å². The maximum atomic E-state index is 12.6. The van der Waals surface area contributed by atoms with Crippen LogP contribution in [-0.2, 0) is 20.7 Å². The summed E-state index contributed by atoms with van der Waals surface area (Å²) in [5.41, 5.74) is -0.700. The van der Waals surface area contributed by atoms with Crippen LogP contribution < -0.4 is 0 Å². The van der Waals surface area contributed by atoms with Crippen molar-refractivity contribution < 1.29 is 49.3 Å². The Bertz CT molecular complexity index is 2390. The zero-order chi connectivity index (χ0) is 38.4. The summed E-state index contributed by atoms with van der Waals surface area (Å²) < 4.78 is 11.6. The number of nitro benzene ring substituents is 2. The second-order valence-electron chi connectivity index (χ2n) is 12.2. The largest absolute Gasteiger partial charge is 0.508 e. The number of benzene rings is 6. The molecule has 0 fully saturated rings. The number of nitrogens with zero attached hydrogens (tertiary/aromatic N) is 2. The van der Waals surface area contributed by atoms with Crippen LogP contribution in [0, 0.1) is 20.2 Å². The van der Waals surface area contributed by atoms with Gasteiger partial charge in [-0.05, 0) is 48.5 Å². The van der Waals surface area contributed by atoms with Crippen molar-refractivity contribution in [1.29, 1.82) is 0 Å². The number of nitro groups is 2. The summed E-state index contributed by atoms with van der Waals surface area (Å²) in [6.07, 6.45) is 0. The van der Waals surface area contributed by atoms with Crippen LogP contribution in [0.2, 0.25) is 0 Å². The van der Waals surface area contributed by atoms with Gasteiger partial charge >= 0.3 is 23.3 Å². The van der Waals surface area contributed by atoms with Gasteiger partial charge in [-0.2, -0.15) is 0 Å². The van der Waals surface area contributed by atoms with Crippen molar-refractivity contribution in [3.05, 3.63) is 198 Å². The van der Waals surface area contributed by atoms with Crippen LogP contribution in [0.15, 0.2) is 133 Å². The first-order valence-electron chi connectivity index (χ1n) is 16.1. The predicted octanol–water partition coefficient (Wildman–Crippen LogP) is 6.94. The summed E-state index contributed by atoms with van der Waals surface area (Å²) in [5.74, 6) is -2.03. The molecule has 2 heterocycles. The SMILES string of the molecule is O=C1OC(c2ccc(O)c([N+](=O)[O-])c2)(c2ccc(O)c([N+](=O)[O-])c2)c2ccccc21.O=C1OC(c2ccc(O)cc2)(c2ccc(O)cc2)c2ccccc21. The Kier molecular flexibility index (Phi) is 8.42. The van der Waals surface area contributed by atoms with Crippen molar-refractivity contribution in [2.24, 2.45) is 0 Å². The lowest BCUT2D eigenvalue weighted by atomic mass is 9.79. The molecular formula is C40H26N2O12. The Hall–Kier alpha value is -7.74. The quantitative estimate of drug-likeness (QED) is 0.0779. The molecule has 6 aromatic rings. The molecule has 0 atom stereocenters. The molecule has 54 heavy (non-hydrogen) atoms. The Balaban J connectivity index is 0.000000171. The van der Waals surface area contributed by atoms with Crippen molar-refractivity contribution in [1.82, 2.24) is 0 Å². The highest BCUT2D eigenvalue weighted by molar-refractivity contribution is 5.97. The number of fused-ring (bicyclic) bond motifs is 2. The zero-order valence-electron chi connectivity index (χ0n) is 27.7. The molecule has 0 radical (unpaired) electrons. The van der Waals surface area contributed by atoms with Crippen LogP contribution in [0.4, 0.5) is 11.4 Å². The van der Waals surface area contributed by atoms with Gasteiger partial charge in [0, 0.05) is 45.5 Å². The standard InChI is InChI=1S/C20H12N2O8.C20H14O4/c23-17-7-5-11(9-15(17)21(26)27)20(12-6-8-18(24)16(10-12)22(28)29)14-4-2-1-3-13(14)19(25)30-20;21-15-9-5-13(6-10-15)20(14-7-11-16(22)12-8-14)18-4-2-1-3-17(18)19(23)24-20/h1-10,23-24H;1-12,21-22H. The van der Waals surface area contributed by atoms with E-state index in [1.807, 2.05) is 12.1 Å². The normalized spacial score (nSPS) is 14.4. The fourth-order valence-electron chi connectivity index (χ4n) is 6.79. The van der Waals surface area contributed by atoms with Crippen LogP contribution >= 0.6 is 0 Å². The summed E-state index contributed by atoms with van der Waals surface area (Å²) in [7, 11) is 0. The third kappa shape index (κ3) is 5.54. The Morgan fingerprint density at radius 1 is 0.463 bits per heavy atom. The van der Waals surface area contributed by atoms with Crippen LogP contribution in [-0.4, -0.2) is 42.2 Å². The van der Waals surface area contributed by atoms with Gasteiger partial charge in [0.05, 0.1) is 21.0 Å². The van der Waals surface area contributed by atoms with Crippen LogP contribution in [0.3, 0.4) is 0 Å². The van der Waals surface area contributed by atoms with E-state index < -0.39 is 55.9 Å². The molecule has 0 spiro atoms. The first kappa shape index (κ1) is 34.7. The van der Waals surface area contributed by atoms with Gasteiger partial charge in [-0.15, -0.1) is 0 Å². The number of hydrogen-bond donors (Lipinski definition) is 4. The summed E-state index contributed by atoms with van der Waals surface area (Å²) in [6.45, 7) is 0. The van der Waals surface area contributed by atoms with E-state index in [4.69, 9.17) is 9.47 Å². The minimum Gasteiger partial charge on any atom is -0.508 e. The van der Waals surface area contributed by atoms with E-state index in [-0.39, 0.29) is 28.2 Å². The molecule has 14 nitrogen and oxygen atoms in total. The molecule has 0 aliphatic carbocycles. The fraction of sp³-hybridized carbons (Fsp3) is 0.0500. The highest BCUT2D eigenvalue weighted by Crippen LogP contribution is 2.50. The topological polar surface area (TPSA) is 220 Å². The van der Waals surface area contributed by atoms with Crippen LogP contribution in [0.5, 0.6) is 23.0 Å². The lowest BCUT2D eigenvalue weighted by molar-refractivity contribution is -0.386. The number of esters is 2. The van der Waals surface area contributed by atoms with Crippen molar-refractivity contribution in [3.8, 4) is 23.0 Å². The van der Waals surface area contributed by atoms with Crippen LogP contribution in [0.1, 0.15) is 54.1 Å². The molecular weight excluding hydrogens is 700 g/mol. The molecule has 2 aliphatic rings. The number of hydrogen-bond acceptors (Lipinski definition) is 12. The van der Waals surface area contributed by atoms with E-state index in [2.05, 4.69) is 0 Å². The maximum Gasteiger partial charge on any atom is 0.340 e. The Labute approximate surface area is 304 Å². The highest BCUT2D eigenvalue weighted by atomic mass is 16.6. The fourth-order valence-corrected chi connectivity index (χ4v) is 6.79. The van der Waals surface area contributed by atoms with E-state index in [9.17, 15) is 50.2 Å². The number of rotatable bonds is 6. The molecule has 268 valence electrons. The van der Waals surface area contributed by atoms with Gasteiger partial charge in [-0.1, -0.05) is 72.8 Å². The monoisotopic (exact) mass is 726 g/mol. The average Bonchev–Trinajstić information content (AvgIpc) is 3.64. The predicted molar refractivity (Wildman–Crippen MR) is 189 cm³/mol. The second kappa shape index (κ2) is 13.1. The molecule has 14 heteroatoms. The molecule has 0 saturated carbocycles. The number of cyclic esters (lactones) is 2. The summed E-state index contributed by atoms with van der Waals surface area (Å²) in [6, 6.07) is 33.6. The molecule has 8 rings (SSSR count). The molecule has 0 amide bonds. The first-order valence-corrected chi connectivity index (χ1v) is 16.1. The van der Waals surface area contributed by atoms with Crippen molar-refractivity contribution in [2.45, 2.75) is 11.2 Å². The highest BCUT2D eigenvalue weighted by Gasteiger charge is 2.50. The molecule has 2 aliphatic heterocycles. The lowest BCUT2D eigenvalue weighted by Crippen LogP contribution is -2.29. The number of aromatic hydroxyl groups is 4. The summed E-state index contributed by atoms with van der Waals surface area (Å²) >= 11 is 0. The van der Waals surface area contributed by atoms with E-state index >= 15 is 0 Å². The summed E-state index contributed by atoms with van der Waals surface area (Å²) in [5, 5.41) is 61.5. The minimum absolute atomic E-state index is 0.102. The molecule has 0 saturated heterocycles. The first-order chi connectivity index (χ1) is 25.9. The third-order valence-electron chi connectivity index (χ3n) is 9.25. The number of phenols is 4. The van der Waals surface area contributed by atoms with E-state index in [0.717, 1.165) is 41.0 Å². The average molecular weight is 727 g/mol. The maximum absolute atomic E-state index is 12.6. The number of carbonyl (C=O) groups is 2. The molecule has 6 aromatic carbocycles. The lowest BCUT2D eigenvalue weighted by Gasteiger charge is -2.30. The van der Waals surface area contributed by atoms with Gasteiger partial charge in [0.1, 0.15) is 11.5 Å². The summed E-state index contributed by atoms with van der Waals surface area (Å²) in [4.78, 5) is 46.1. The number of ether oxygens (including phenoxy) is 2. The van der Waals surface area contributed by atoms with Gasteiger partial charge in [0.25, 0.3) is 0 Å². The van der Waals surface area contributed by atoms with Crippen LogP contribution in [0.25, 0.3) is 0 Å².